The quantitative estimate of drug-likeness (QED) is 0.165. The smallest absolute Gasteiger partial charge is 0.0543 e. The second-order valence-electron chi connectivity index (χ2n) is 16.5. The van der Waals surface area contributed by atoms with Crippen LogP contribution in [0.15, 0.2) is 176 Å². The zero-order chi connectivity index (χ0) is 37.1. The summed E-state index contributed by atoms with van der Waals surface area (Å²) in [5.74, 6) is 0. The maximum Gasteiger partial charge on any atom is 0.0543 e. The second-order valence-corrected chi connectivity index (χ2v) is 16.5. The van der Waals surface area contributed by atoms with Crippen LogP contribution in [0.2, 0.25) is 0 Å². The van der Waals surface area contributed by atoms with Crippen LogP contribution in [0.4, 0.5) is 17.1 Å². The number of anilines is 3. The SMILES string of the molecule is CC1(C)c2ccccc2-c2c(N(c3ccc(-c4ccc5ccc6c7ccccc7ccc6c5c4)cc3)c3cccc4c3-c3ccccc3C4(C)C)cccc21. The Balaban J connectivity index is 1.11. The van der Waals surface area contributed by atoms with E-state index in [1.54, 1.807) is 0 Å². The van der Waals surface area contributed by atoms with Gasteiger partial charge in [-0.3, -0.25) is 0 Å². The molecule has 262 valence electrons. The van der Waals surface area contributed by atoms with Crippen molar-refractivity contribution in [3.8, 4) is 33.4 Å². The first-order valence-electron chi connectivity index (χ1n) is 19.5. The standard InChI is InChI=1S/C54H41N/c1-53(2)45-17-9-7-15-42(45)51-47(53)19-11-21-49(51)55(50-22-12-20-48-52(50)43-16-8-10-18-46(43)54(48,3)4)38-29-25-34(26-30-38)37-24-23-36-28-31-40-39-14-6-5-13-35(39)27-32-41(40)44(36)33-37/h5-33H,1-4H3. The third kappa shape index (κ3) is 4.53. The fraction of sp³-hybridized carbons (Fsp3) is 0.111. The van der Waals surface area contributed by atoms with Crippen LogP contribution < -0.4 is 4.90 Å². The molecule has 2 aliphatic carbocycles. The highest BCUT2D eigenvalue weighted by Gasteiger charge is 2.40. The van der Waals surface area contributed by atoms with Gasteiger partial charge in [-0.05, 0) is 107 Å². The zero-order valence-corrected chi connectivity index (χ0v) is 31.7. The summed E-state index contributed by atoms with van der Waals surface area (Å²) in [6.07, 6.45) is 0. The van der Waals surface area contributed by atoms with Gasteiger partial charge in [0, 0.05) is 27.6 Å². The van der Waals surface area contributed by atoms with Gasteiger partial charge in [-0.15, -0.1) is 0 Å². The molecule has 55 heavy (non-hydrogen) atoms. The molecule has 0 spiro atoms. The Kier molecular flexibility index (Phi) is 6.72. The molecule has 0 heterocycles. The monoisotopic (exact) mass is 703 g/mol. The fourth-order valence-electron chi connectivity index (χ4n) is 10.1. The highest BCUT2D eigenvalue weighted by Crippen LogP contribution is 2.58. The summed E-state index contributed by atoms with van der Waals surface area (Å²) in [4.78, 5) is 2.54. The van der Waals surface area contributed by atoms with Crippen molar-refractivity contribution >= 4 is 49.4 Å². The fourth-order valence-corrected chi connectivity index (χ4v) is 10.1. The first kappa shape index (κ1) is 32.0. The first-order chi connectivity index (χ1) is 26.8. The molecule has 0 radical (unpaired) electrons. The molecule has 0 saturated carbocycles. The minimum atomic E-state index is -0.1000. The average Bonchev–Trinajstić information content (AvgIpc) is 3.61. The van der Waals surface area contributed by atoms with Crippen LogP contribution in [-0.2, 0) is 10.8 Å². The van der Waals surface area contributed by atoms with Crippen LogP contribution in [0, 0.1) is 0 Å². The summed E-state index contributed by atoms with van der Waals surface area (Å²) >= 11 is 0. The molecular weight excluding hydrogens is 663 g/mol. The third-order valence-corrected chi connectivity index (χ3v) is 12.9. The second kappa shape index (κ2) is 11.5. The Morgan fingerprint density at radius 3 is 1.44 bits per heavy atom. The highest BCUT2D eigenvalue weighted by atomic mass is 15.1. The lowest BCUT2D eigenvalue weighted by molar-refractivity contribution is 0.660. The Hall–Kier alpha value is -6.44. The maximum absolute atomic E-state index is 2.54. The van der Waals surface area contributed by atoms with Gasteiger partial charge in [-0.25, -0.2) is 0 Å². The van der Waals surface area contributed by atoms with Crippen LogP contribution in [0.5, 0.6) is 0 Å². The van der Waals surface area contributed by atoms with Gasteiger partial charge in [0.2, 0.25) is 0 Å². The molecule has 0 saturated heterocycles. The topological polar surface area (TPSA) is 3.24 Å². The van der Waals surface area contributed by atoms with Gasteiger partial charge in [-0.2, -0.15) is 0 Å². The number of rotatable bonds is 4. The molecule has 9 aromatic rings. The van der Waals surface area contributed by atoms with Crippen LogP contribution in [0.1, 0.15) is 49.9 Å². The van der Waals surface area contributed by atoms with E-state index < -0.39 is 0 Å². The summed E-state index contributed by atoms with van der Waals surface area (Å²) in [6, 6.07) is 65.8. The summed E-state index contributed by atoms with van der Waals surface area (Å²) < 4.78 is 0. The van der Waals surface area contributed by atoms with Crippen molar-refractivity contribution in [1.29, 1.82) is 0 Å². The van der Waals surface area contributed by atoms with Crippen LogP contribution in [0.25, 0.3) is 65.7 Å². The van der Waals surface area contributed by atoms with E-state index in [0.29, 0.717) is 0 Å². The van der Waals surface area contributed by atoms with Crippen LogP contribution >= 0.6 is 0 Å². The molecular formula is C54H41N. The molecule has 0 N–H and O–H groups in total. The summed E-state index contributed by atoms with van der Waals surface area (Å²) in [7, 11) is 0. The lowest BCUT2D eigenvalue weighted by atomic mass is 9.82. The van der Waals surface area contributed by atoms with E-state index in [0.717, 1.165) is 5.69 Å². The molecule has 11 rings (SSSR count). The van der Waals surface area contributed by atoms with Gasteiger partial charge in [0.1, 0.15) is 0 Å². The van der Waals surface area contributed by atoms with Gasteiger partial charge in [0.15, 0.2) is 0 Å². The Labute approximate surface area is 323 Å². The van der Waals surface area contributed by atoms with Gasteiger partial charge in [0.25, 0.3) is 0 Å². The number of hydrogen-bond acceptors (Lipinski definition) is 1. The third-order valence-electron chi connectivity index (χ3n) is 12.9. The molecule has 0 bridgehead atoms. The molecule has 0 aliphatic heterocycles. The van der Waals surface area contributed by atoms with Crippen molar-refractivity contribution < 1.29 is 0 Å². The maximum atomic E-state index is 2.54. The number of hydrogen-bond donors (Lipinski definition) is 0. The van der Waals surface area contributed by atoms with E-state index in [1.165, 1.54) is 99.3 Å². The highest BCUT2D eigenvalue weighted by molar-refractivity contribution is 6.17. The molecule has 0 unspecified atom stereocenters. The minimum absolute atomic E-state index is 0.1000. The van der Waals surface area contributed by atoms with E-state index in [9.17, 15) is 0 Å². The van der Waals surface area contributed by atoms with Crippen LogP contribution in [0.3, 0.4) is 0 Å². The molecule has 9 aromatic carbocycles. The van der Waals surface area contributed by atoms with Gasteiger partial charge < -0.3 is 4.90 Å². The largest absolute Gasteiger partial charge is 0.309 e. The van der Waals surface area contributed by atoms with E-state index in [4.69, 9.17) is 0 Å². The minimum Gasteiger partial charge on any atom is -0.309 e. The summed E-state index contributed by atoms with van der Waals surface area (Å²) in [5, 5.41) is 7.72. The molecule has 0 atom stereocenters. The molecule has 1 nitrogen and oxygen atoms in total. The van der Waals surface area contributed by atoms with Gasteiger partial charge in [-0.1, -0.05) is 173 Å². The summed E-state index contributed by atoms with van der Waals surface area (Å²) in [5.41, 5.74) is 16.6. The van der Waals surface area contributed by atoms with Crippen LogP contribution in [-0.4, -0.2) is 0 Å². The van der Waals surface area contributed by atoms with Crippen molar-refractivity contribution in [2.45, 2.75) is 38.5 Å². The van der Waals surface area contributed by atoms with Gasteiger partial charge in [0.05, 0.1) is 11.4 Å². The molecule has 0 amide bonds. The van der Waals surface area contributed by atoms with E-state index in [-0.39, 0.29) is 10.8 Å². The normalized spacial score (nSPS) is 14.5. The molecule has 1 heteroatoms. The summed E-state index contributed by atoms with van der Waals surface area (Å²) in [6.45, 7) is 9.48. The molecule has 0 fully saturated rings. The molecule has 2 aliphatic rings. The number of nitrogens with zero attached hydrogens (tertiary/aromatic N) is 1. The molecule has 0 aromatic heterocycles. The number of benzene rings is 9. The van der Waals surface area contributed by atoms with E-state index in [2.05, 4.69) is 209 Å². The average molecular weight is 704 g/mol. The lowest BCUT2D eigenvalue weighted by Crippen LogP contribution is -2.17. The lowest BCUT2D eigenvalue weighted by Gasteiger charge is -2.31. The van der Waals surface area contributed by atoms with Crippen molar-refractivity contribution in [3.05, 3.63) is 198 Å². The Bertz CT molecular complexity index is 2930. The van der Waals surface area contributed by atoms with Crippen molar-refractivity contribution in [1.82, 2.24) is 0 Å². The Morgan fingerprint density at radius 2 is 0.818 bits per heavy atom. The van der Waals surface area contributed by atoms with Crippen molar-refractivity contribution in [3.63, 3.8) is 0 Å². The van der Waals surface area contributed by atoms with Gasteiger partial charge >= 0.3 is 0 Å². The Morgan fingerprint density at radius 1 is 0.345 bits per heavy atom. The first-order valence-corrected chi connectivity index (χ1v) is 19.5. The zero-order valence-electron chi connectivity index (χ0n) is 31.7. The van der Waals surface area contributed by atoms with Crippen molar-refractivity contribution in [2.75, 3.05) is 4.90 Å². The predicted octanol–water partition coefficient (Wildman–Crippen LogP) is 14.9. The predicted molar refractivity (Wildman–Crippen MR) is 234 cm³/mol. The van der Waals surface area contributed by atoms with E-state index in [1.807, 2.05) is 0 Å². The number of fused-ring (bicyclic) bond motifs is 11. The van der Waals surface area contributed by atoms with Crippen molar-refractivity contribution in [2.24, 2.45) is 0 Å². The van der Waals surface area contributed by atoms with E-state index >= 15 is 0 Å².